The Balaban J connectivity index is 2.75. The summed E-state index contributed by atoms with van der Waals surface area (Å²) in [5, 5.41) is 12.1. The molecule has 0 aromatic heterocycles. The molecule has 0 heterocycles. The fourth-order valence-electron chi connectivity index (χ4n) is 2.04. The number of nitrogens with one attached hydrogen (secondary N) is 1. The highest BCUT2D eigenvalue weighted by molar-refractivity contribution is 5.83. The zero-order chi connectivity index (χ0) is 15.3. The van der Waals surface area contributed by atoms with Gasteiger partial charge in [0.2, 0.25) is 5.91 Å². The van der Waals surface area contributed by atoms with Crippen LogP contribution >= 0.6 is 0 Å². The van der Waals surface area contributed by atoms with Crippen LogP contribution < -0.4 is 11.1 Å². The van der Waals surface area contributed by atoms with Crippen molar-refractivity contribution in [3.8, 4) is 0 Å². The molecule has 0 radical (unpaired) electrons. The molecular weight excluding hydrogens is 252 g/mol. The van der Waals surface area contributed by atoms with Gasteiger partial charge in [0.1, 0.15) is 6.04 Å². The van der Waals surface area contributed by atoms with E-state index in [0.717, 1.165) is 11.1 Å². The molecule has 1 amide bonds. The topological polar surface area (TPSA) is 75.4 Å². The van der Waals surface area contributed by atoms with E-state index >= 15 is 0 Å². The molecule has 0 saturated carbocycles. The number of carbonyl (C=O) groups excluding carboxylic acids is 1. The monoisotopic (exact) mass is 278 g/mol. The lowest BCUT2D eigenvalue weighted by Crippen LogP contribution is -2.47. The van der Waals surface area contributed by atoms with Crippen LogP contribution in [0.25, 0.3) is 0 Å². The number of benzene rings is 1. The van der Waals surface area contributed by atoms with Crippen molar-refractivity contribution in [1.29, 1.82) is 0 Å². The van der Waals surface area contributed by atoms with Gasteiger partial charge in [0.15, 0.2) is 0 Å². The van der Waals surface area contributed by atoms with Crippen LogP contribution in [0.15, 0.2) is 24.3 Å². The molecule has 4 N–H and O–H groups in total. The van der Waals surface area contributed by atoms with E-state index in [1.54, 1.807) is 0 Å². The van der Waals surface area contributed by atoms with Crippen molar-refractivity contribution in [2.24, 2.45) is 11.1 Å². The molecule has 112 valence electrons. The molecule has 0 fully saturated rings. The average Bonchev–Trinajstić information content (AvgIpc) is 2.37. The van der Waals surface area contributed by atoms with Gasteiger partial charge in [-0.2, -0.15) is 0 Å². The van der Waals surface area contributed by atoms with Gasteiger partial charge in [0.25, 0.3) is 0 Å². The summed E-state index contributed by atoms with van der Waals surface area (Å²) in [6.07, 6.45) is 0.524. The van der Waals surface area contributed by atoms with Gasteiger partial charge in [-0.05, 0) is 24.3 Å². The van der Waals surface area contributed by atoms with Crippen molar-refractivity contribution in [3.63, 3.8) is 0 Å². The van der Waals surface area contributed by atoms with E-state index in [1.165, 1.54) is 0 Å². The largest absolute Gasteiger partial charge is 0.396 e. The van der Waals surface area contributed by atoms with Crippen molar-refractivity contribution in [2.75, 3.05) is 6.61 Å². The molecule has 4 nitrogen and oxygen atoms in total. The SMILES string of the molecule is Cc1ccc(C(N)C(=O)NC(CCO)C(C)(C)C)cc1. The third kappa shape index (κ3) is 4.62. The van der Waals surface area contributed by atoms with Crippen LogP contribution in [0.3, 0.4) is 0 Å². The fraction of sp³-hybridized carbons (Fsp3) is 0.562. The average molecular weight is 278 g/mol. The molecular formula is C16H26N2O2. The maximum atomic E-state index is 12.2. The van der Waals surface area contributed by atoms with E-state index in [1.807, 2.05) is 52.0 Å². The lowest BCUT2D eigenvalue weighted by atomic mass is 9.84. The summed E-state index contributed by atoms with van der Waals surface area (Å²) in [7, 11) is 0. The second-order valence-corrected chi connectivity index (χ2v) is 6.33. The highest BCUT2D eigenvalue weighted by Crippen LogP contribution is 2.22. The van der Waals surface area contributed by atoms with Gasteiger partial charge < -0.3 is 16.2 Å². The lowest BCUT2D eigenvalue weighted by molar-refractivity contribution is -0.124. The Morgan fingerprint density at radius 3 is 2.30 bits per heavy atom. The molecule has 0 bridgehead atoms. The zero-order valence-corrected chi connectivity index (χ0v) is 12.8. The van der Waals surface area contributed by atoms with Crippen molar-refractivity contribution in [1.82, 2.24) is 5.32 Å². The first kappa shape index (κ1) is 16.7. The van der Waals surface area contributed by atoms with Crippen molar-refractivity contribution in [3.05, 3.63) is 35.4 Å². The molecule has 0 spiro atoms. The van der Waals surface area contributed by atoms with Gasteiger partial charge in [-0.25, -0.2) is 0 Å². The highest BCUT2D eigenvalue weighted by Gasteiger charge is 2.27. The Labute approximate surface area is 121 Å². The minimum atomic E-state index is -0.681. The number of hydrogen-bond donors (Lipinski definition) is 3. The fourth-order valence-corrected chi connectivity index (χ4v) is 2.04. The van der Waals surface area contributed by atoms with Gasteiger partial charge >= 0.3 is 0 Å². The summed E-state index contributed by atoms with van der Waals surface area (Å²) in [6, 6.07) is 6.85. The normalized spacial score (nSPS) is 14.7. The lowest BCUT2D eigenvalue weighted by Gasteiger charge is -2.32. The van der Waals surface area contributed by atoms with E-state index in [9.17, 15) is 4.79 Å². The Hall–Kier alpha value is -1.39. The number of aliphatic hydroxyl groups is 1. The number of carbonyl (C=O) groups is 1. The predicted molar refractivity (Wildman–Crippen MR) is 81.2 cm³/mol. The highest BCUT2D eigenvalue weighted by atomic mass is 16.3. The minimum absolute atomic E-state index is 0.0436. The number of rotatable bonds is 5. The standard InChI is InChI=1S/C16H26N2O2/c1-11-5-7-12(8-6-11)14(17)15(20)18-13(9-10-19)16(2,3)4/h5-8,13-14,19H,9-10,17H2,1-4H3,(H,18,20). The quantitative estimate of drug-likeness (QED) is 0.770. The first-order chi connectivity index (χ1) is 9.25. The van der Waals surface area contributed by atoms with Gasteiger partial charge in [-0.1, -0.05) is 50.6 Å². The van der Waals surface area contributed by atoms with E-state index in [4.69, 9.17) is 10.8 Å². The molecule has 1 rings (SSSR count). The third-order valence-corrected chi connectivity index (χ3v) is 3.50. The van der Waals surface area contributed by atoms with E-state index in [-0.39, 0.29) is 24.0 Å². The molecule has 1 aromatic rings. The van der Waals surface area contributed by atoms with Crippen molar-refractivity contribution < 1.29 is 9.90 Å². The Morgan fingerprint density at radius 2 is 1.85 bits per heavy atom. The Morgan fingerprint density at radius 1 is 1.30 bits per heavy atom. The van der Waals surface area contributed by atoms with Crippen LogP contribution in [0.1, 0.15) is 44.4 Å². The number of aryl methyl sites for hydroxylation is 1. The summed E-state index contributed by atoms with van der Waals surface area (Å²) in [5.41, 5.74) is 7.81. The summed E-state index contributed by atoms with van der Waals surface area (Å²) >= 11 is 0. The molecule has 0 aliphatic rings. The molecule has 0 saturated heterocycles. The second kappa shape index (κ2) is 6.86. The van der Waals surface area contributed by atoms with Crippen LogP contribution in [0.4, 0.5) is 0 Å². The number of hydrogen-bond acceptors (Lipinski definition) is 3. The van der Waals surface area contributed by atoms with Crippen LogP contribution in [0.2, 0.25) is 0 Å². The Bertz CT molecular complexity index is 435. The molecule has 2 unspecified atom stereocenters. The van der Waals surface area contributed by atoms with Crippen LogP contribution in [0, 0.1) is 12.3 Å². The summed E-state index contributed by atoms with van der Waals surface area (Å²) < 4.78 is 0. The zero-order valence-electron chi connectivity index (χ0n) is 12.8. The van der Waals surface area contributed by atoms with E-state index < -0.39 is 6.04 Å². The number of amides is 1. The van der Waals surface area contributed by atoms with Crippen molar-refractivity contribution in [2.45, 2.75) is 46.2 Å². The minimum Gasteiger partial charge on any atom is -0.396 e. The van der Waals surface area contributed by atoms with Gasteiger partial charge in [0, 0.05) is 12.6 Å². The summed E-state index contributed by atoms with van der Waals surface area (Å²) in [4.78, 5) is 12.2. The van der Waals surface area contributed by atoms with Crippen molar-refractivity contribution >= 4 is 5.91 Å². The summed E-state index contributed by atoms with van der Waals surface area (Å²) in [6.45, 7) is 8.13. The molecule has 1 aromatic carbocycles. The summed E-state index contributed by atoms with van der Waals surface area (Å²) in [5.74, 6) is -0.206. The van der Waals surface area contributed by atoms with E-state index in [0.29, 0.717) is 6.42 Å². The van der Waals surface area contributed by atoms with Gasteiger partial charge in [-0.15, -0.1) is 0 Å². The maximum absolute atomic E-state index is 12.2. The number of nitrogens with two attached hydrogens (primary N) is 1. The Kier molecular flexibility index (Phi) is 5.72. The second-order valence-electron chi connectivity index (χ2n) is 6.33. The molecule has 20 heavy (non-hydrogen) atoms. The van der Waals surface area contributed by atoms with E-state index in [2.05, 4.69) is 5.32 Å². The van der Waals surface area contributed by atoms with Crippen LogP contribution in [0.5, 0.6) is 0 Å². The van der Waals surface area contributed by atoms with Crippen LogP contribution in [-0.2, 0) is 4.79 Å². The number of aliphatic hydroxyl groups excluding tert-OH is 1. The smallest absolute Gasteiger partial charge is 0.241 e. The van der Waals surface area contributed by atoms with Gasteiger partial charge in [-0.3, -0.25) is 4.79 Å². The maximum Gasteiger partial charge on any atom is 0.241 e. The third-order valence-electron chi connectivity index (χ3n) is 3.50. The van der Waals surface area contributed by atoms with Crippen LogP contribution in [-0.4, -0.2) is 23.7 Å². The molecule has 0 aliphatic heterocycles. The molecule has 4 heteroatoms. The molecule has 2 atom stereocenters. The first-order valence-corrected chi connectivity index (χ1v) is 6.99. The molecule has 0 aliphatic carbocycles. The first-order valence-electron chi connectivity index (χ1n) is 6.99. The van der Waals surface area contributed by atoms with Gasteiger partial charge in [0.05, 0.1) is 0 Å². The predicted octanol–water partition coefficient (Wildman–Crippen LogP) is 1.91.